The highest BCUT2D eigenvalue weighted by Crippen LogP contribution is 2.37. The van der Waals surface area contributed by atoms with E-state index < -0.39 is 15.1 Å². The molecule has 0 saturated heterocycles. The first kappa shape index (κ1) is 24.1. The van der Waals surface area contributed by atoms with Gasteiger partial charge in [0.15, 0.2) is 0 Å². The average Bonchev–Trinajstić information content (AvgIpc) is 2.78. The largest absolute Gasteiger partial charge is 0.256 e. The van der Waals surface area contributed by atoms with Crippen LogP contribution in [0.5, 0.6) is 0 Å². The summed E-state index contributed by atoms with van der Waals surface area (Å²) >= 11 is 14.2. The molecule has 0 aliphatic heterocycles. The number of halogens is 2. The second kappa shape index (κ2) is 10.1. The Balaban J connectivity index is 1.70. The summed E-state index contributed by atoms with van der Waals surface area (Å²) in [6, 6.07) is 21.8. The Bertz CT molecular complexity index is 1400. The van der Waals surface area contributed by atoms with E-state index in [0.717, 1.165) is 38.1 Å². The summed E-state index contributed by atoms with van der Waals surface area (Å²) in [5.74, 6) is 0.716. The van der Waals surface area contributed by atoms with Crippen LogP contribution in [0.4, 0.5) is 0 Å². The van der Waals surface area contributed by atoms with Crippen molar-refractivity contribution in [3.63, 3.8) is 0 Å². The molecule has 7 heteroatoms. The van der Waals surface area contributed by atoms with Crippen LogP contribution in [0.25, 0.3) is 22.0 Å². The number of nitrogens with zero attached hydrogens (tertiary/aromatic N) is 1. The van der Waals surface area contributed by atoms with E-state index in [4.69, 9.17) is 23.2 Å². The fourth-order valence-electron chi connectivity index (χ4n) is 3.68. The van der Waals surface area contributed by atoms with Gasteiger partial charge in [0.05, 0.1) is 20.8 Å². The van der Waals surface area contributed by atoms with Crippen molar-refractivity contribution < 1.29 is 8.42 Å². The molecule has 0 fully saturated rings. The Morgan fingerprint density at radius 3 is 2.39 bits per heavy atom. The molecule has 1 unspecified atom stereocenters. The number of pyridine rings is 1. The molecule has 1 heterocycles. The molecule has 0 aliphatic carbocycles. The molecule has 0 aliphatic rings. The highest BCUT2D eigenvalue weighted by atomic mass is 35.5. The fraction of sp³-hybridized carbons (Fsp3) is 0.192. The van der Waals surface area contributed by atoms with E-state index in [9.17, 15) is 8.42 Å². The molecule has 0 spiro atoms. The molecule has 0 saturated carbocycles. The first-order chi connectivity index (χ1) is 15.7. The van der Waals surface area contributed by atoms with Gasteiger partial charge in [-0.2, -0.15) is 0 Å². The number of benzene rings is 3. The lowest BCUT2D eigenvalue weighted by Crippen LogP contribution is -2.18. The number of fused-ring (bicyclic) bond motifs is 1. The molecule has 4 rings (SSSR count). The Morgan fingerprint density at radius 1 is 0.939 bits per heavy atom. The van der Waals surface area contributed by atoms with Crippen LogP contribution in [-0.4, -0.2) is 24.9 Å². The van der Waals surface area contributed by atoms with Crippen molar-refractivity contribution in [2.45, 2.75) is 29.2 Å². The first-order valence-corrected chi connectivity index (χ1v) is 14.1. The summed E-state index contributed by atoms with van der Waals surface area (Å²) < 4.78 is 24.0. The smallest absolute Gasteiger partial charge is 0.150 e. The molecule has 0 bridgehead atoms. The van der Waals surface area contributed by atoms with Gasteiger partial charge in [0.25, 0.3) is 0 Å². The molecular formula is C26H23Cl2NO2S2. The monoisotopic (exact) mass is 515 g/mol. The topological polar surface area (TPSA) is 47.0 Å². The van der Waals surface area contributed by atoms with Crippen molar-refractivity contribution in [2.24, 2.45) is 0 Å². The zero-order chi connectivity index (χ0) is 23.6. The van der Waals surface area contributed by atoms with Gasteiger partial charge in [-0.15, -0.1) is 11.8 Å². The molecule has 1 atom stereocenters. The summed E-state index contributed by atoms with van der Waals surface area (Å²) in [6.07, 6.45) is 3.52. The molecule has 33 heavy (non-hydrogen) atoms. The van der Waals surface area contributed by atoms with Crippen LogP contribution in [0.3, 0.4) is 0 Å². The average molecular weight is 517 g/mol. The third kappa shape index (κ3) is 5.72. The fourth-order valence-corrected chi connectivity index (χ4v) is 5.80. The van der Waals surface area contributed by atoms with Crippen LogP contribution < -0.4 is 0 Å². The van der Waals surface area contributed by atoms with Crippen LogP contribution >= 0.6 is 35.0 Å². The Hall–Kier alpha value is -2.05. The van der Waals surface area contributed by atoms with E-state index in [-0.39, 0.29) is 0 Å². The Kier molecular flexibility index (Phi) is 7.34. The first-order valence-electron chi connectivity index (χ1n) is 10.4. The van der Waals surface area contributed by atoms with Crippen molar-refractivity contribution in [1.82, 2.24) is 4.98 Å². The molecular weight excluding hydrogens is 493 g/mol. The van der Waals surface area contributed by atoms with E-state index in [1.807, 2.05) is 42.5 Å². The minimum Gasteiger partial charge on any atom is -0.256 e. The van der Waals surface area contributed by atoms with Crippen LogP contribution in [0.15, 0.2) is 77.8 Å². The maximum absolute atomic E-state index is 12.0. The highest BCUT2D eigenvalue weighted by Gasteiger charge is 2.17. The predicted molar refractivity (Wildman–Crippen MR) is 141 cm³/mol. The van der Waals surface area contributed by atoms with Gasteiger partial charge >= 0.3 is 0 Å². The van der Waals surface area contributed by atoms with Crippen molar-refractivity contribution in [2.75, 3.05) is 6.26 Å². The van der Waals surface area contributed by atoms with Gasteiger partial charge in [-0.3, -0.25) is 4.98 Å². The van der Waals surface area contributed by atoms with Gasteiger partial charge in [0, 0.05) is 34.1 Å². The van der Waals surface area contributed by atoms with Gasteiger partial charge < -0.3 is 0 Å². The van der Waals surface area contributed by atoms with Crippen molar-refractivity contribution in [3.8, 4) is 11.1 Å². The molecule has 0 N–H and O–H groups in total. The summed E-state index contributed by atoms with van der Waals surface area (Å²) in [5.41, 5.74) is 5.04. The second-order valence-corrected chi connectivity index (χ2v) is 12.4. The minimum absolute atomic E-state index is 0.456. The quantitative estimate of drug-likeness (QED) is 0.239. The van der Waals surface area contributed by atoms with Gasteiger partial charge in [0.1, 0.15) is 9.84 Å². The number of thioether (sulfide) groups is 1. The molecule has 1 aromatic heterocycles. The van der Waals surface area contributed by atoms with E-state index in [1.54, 1.807) is 24.9 Å². The lowest BCUT2D eigenvalue weighted by Gasteiger charge is -2.14. The number of sulfone groups is 1. The summed E-state index contributed by atoms with van der Waals surface area (Å²) in [5, 5.41) is 1.83. The van der Waals surface area contributed by atoms with Gasteiger partial charge in [-0.25, -0.2) is 8.42 Å². The molecule has 0 radical (unpaired) electrons. The third-order valence-corrected chi connectivity index (χ3v) is 9.25. The zero-order valence-corrected chi connectivity index (χ0v) is 21.4. The number of hydrogen-bond acceptors (Lipinski definition) is 4. The van der Waals surface area contributed by atoms with Gasteiger partial charge in [0.2, 0.25) is 0 Å². The van der Waals surface area contributed by atoms with Gasteiger partial charge in [-0.05, 0) is 60.4 Å². The number of aromatic nitrogens is 1. The summed E-state index contributed by atoms with van der Waals surface area (Å²) in [7, 11) is -3.12. The molecule has 0 amide bonds. The van der Waals surface area contributed by atoms with Crippen molar-refractivity contribution in [3.05, 3.63) is 94.1 Å². The standard InChI is InChI=1S/C26H23Cl2NO2S2/c1-17(33(2,30)31)12-19-14-21-8-5-11-29-25(21)22(15-19)20-7-3-6-18(13-20)16-32-26-23(27)9-4-10-24(26)28/h3-11,13-15,17H,12,16H2,1-2H3. The van der Waals surface area contributed by atoms with Crippen molar-refractivity contribution in [1.29, 1.82) is 0 Å². The lowest BCUT2D eigenvalue weighted by molar-refractivity contribution is 0.588. The Morgan fingerprint density at radius 2 is 1.67 bits per heavy atom. The Labute approximate surface area is 209 Å². The highest BCUT2D eigenvalue weighted by molar-refractivity contribution is 7.98. The molecule has 4 aromatic rings. The van der Waals surface area contributed by atoms with Crippen LogP contribution in [0.1, 0.15) is 18.1 Å². The normalized spacial score (nSPS) is 12.7. The van der Waals surface area contributed by atoms with Crippen LogP contribution in [0, 0.1) is 0 Å². The van der Waals surface area contributed by atoms with Crippen molar-refractivity contribution >= 4 is 55.7 Å². The zero-order valence-electron chi connectivity index (χ0n) is 18.3. The van der Waals surface area contributed by atoms with E-state index in [0.29, 0.717) is 22.2 Å². The second-order valence-electron chi connectivity index (χ2n) is 8.10. The lowest BCUT2D eigenvalue weighted by atomic mass is 9.96. The number of rotatable bonds is 7. The number of hydrogen-bond donors (Lipinski definition) is 0. The summed E-state index contributed by atoms with van der Waals surface area (Å²) in [4.78, 5) is 5.49. The van der Waals surface area contributed by atoms with E-state index in [2.05, 4.69) is 29.2 Å². The SMILES string of the molecule is CC(Cc1cc(-c2cccc(CSc3c(Cl)cccc3Cl)c2)c2ncccc2c1)S(C)(=O)=O. The molecule has 3 aromatic carbocycles. The minimum atomic E-state index is -3.12. The summed E-state index contributed by atoms with van der Waals surface area (Å²) in [6.45, 7) is 1.75. The predicted octanol–water partition coefficient (Wildman–Crippen LogP) is 7.48. The maximum atomic E-state index is 12.0. The van der Waals surface area contributed by atoms with Crippen LogP contribution in [0.2, 0.25) is 10.0 Å². The molecule has 170 valence electrons. The third-order valence-electron chi connectivity index (χ3n) is 5.56. The van der Waals surface area contributed by atoms with Gasteiger partial charge in [-0.1, -0.05) is 59.6 Å². The van der Waals surface area contributed by atoms with Crippen LogP contribution in [-0.2, 0) is 22.0 Å². The molecule has 3 nitrogen and oxygen atoms in total. The van der Waals surface area contributed by atoms with E-state index in [1.165, 1.54) is 6.26 Å². The maximum Gasteiger partial charge on any atom is 0.150 e. The van der Waals surface area contributed by atoms with E-state index >= 15 is 0 Å².